The Bertz CT molecular complexity index is 228. The number of hydrogen-bond donors (Lipinski definition) is 2. The summed E-state index contributed by atoms with van der Waals surface area (Å²) in [5.74, 6) is 0. The molecule has 0 saturated carbocycles. The second-order valence-electron chi connectivity index (χ2n) is 1.40. The summed E-state index contributed by atoms with van der Waals surface area (Å²) in [6.45, 7) is 0. The lowest BCUT2D eigenvalue weighted by Gasteiger charge is -1.85. The van der Waals surface area contributed by atoms with Gasteiger partial charge in [0.15, 0.2) is 0 Å². The Morgan fingerprint density at radius 3 is 2.75 bits per heavy atom. The lowest BCUT2D eigenvalue weighted by atomic mass is 10.5. The van der Waals surface area contributed by atoms with Crippen LogP contribution in [0.25, 0.3) is 0 Å². The van der Waals surface area contributed by atoms with E-state index >= 15 is 0 Å². The summed E-state index contributed by atoms with van der Waals surface area (Å²) in [7, 11) is 0. The Morgan fingerprint density at radius 1 is 1.62 bits per heavy atom. The molecule has 0 fully saturated rings. The molecule has 0 radical (unpaired) electrons. The second-order valence-corrected chi connectivity index (χ2v) is 1.40. The van der Waals surface area contributed by atoms with Gasteiger partial charge in [0.05, 0.1) is 12.0 Å². The molecule has 0 saturated heterocycles. The molecule has 0 aliphatic rings. The van der Waals surface area contributed by atoms with Crippen LogP contribution >= 0.6 is 0 Å². The molecule has 0 atom stereocenters. The molecule has 0 unspecified atom stereocenters. The van der Waals surface area contributed by atoms with E-state index in [4.69, 9.17) is 11.1 Å². The van der Waals surface area contributed by atoms with E-state index in [1.54, 1.807) is 12.1 Å². The maximum Gasteiger partial charge on any atom is 0.234 e. The van der Waals surface area contributed by atoms with Crippen LogP contribution in [-0.4, -0.2) is 0 Å². The van der Waals surface area contributed by atoms with E-state index < -0.39 is 0 Å². The summed E-state index contributed by atoms with van der Waals surface area (Å²) in [4.78, 5) is 0. The van der Waals surface area contributed by atoms with Crippen molar-refractivity contribution in [3.8, 4) is 0 Å². The number of anilines is 1. The third-order valence-corrected chi connectivity index (χ3v) is 0.802. The average Bonchev–Trinajstić information content (AvgIpc) is 1.77. The molecule has 0 bridgehead atoms. The number of rotatable bonds is 0. The van der Waals surface area contributed by atoms with Crippen molar-refractivity contribution in [2.45, 2.75) is 0 Å². The normalized spacial score (nSPS) is 9.00. The molecule has 0 spiro atoms. The van der Waals surface area contributed by atoms with Gasteiger partial charge in [0.1, 0.15) is 0 Å². The van der Waals surface area contributed by atoms with Crippen LogP contribution in [0.3, 0.4) is 0 Å². The molecule has 0 aliphatic carbocycles. The van der Waals surface area contributed by atoms with Crippen molar-refractivity contribution in [2.75, 3.05) is 5.73 Å². The Hall–Kier alpha value is -1.25. The molecular formula is C5H6N2O. The van der Waals surface area contributed by atoms with Crippen LogP contribution in [0.2, 0.25) is 0 Å². The zero-order valence-corrected chi connectivity index (χ0v) is 4.22. The van der Waals surface area contributed by atoms with Crippen LogP contribution in [0.1, 0.15) is 0 Å². The molecule has 0 aliphatic heterocycles. The molecule has 0 aromatic carbocycles. The molecule has 1 aromatic rings. The van der Waals surface area contributed by atoms with Gasteiger partial charge in [0.2, 0.25) is 5.55 Å². The third-order valence-electron chi connectivity index (χ3n) is 0.802. The van der Waals surface area contributed by atoms with Gasteiger partial charge < -0.3 is 10.2 Å². The molecular weight excluding hydrogens is 104 g/mol. The lowest BCUT2D eigenvalue weighted by Crippen LogP contribution is -2.04. The molecule has 3 N–H and O–H groups in total. The smallest absolute Gasteiger partial charge is 0.234 e. The maximum absolute atomic E-state index is 6.93. The molecule has 3 heteroatoms. The Balaban J connectivity index is 3.35. The van der Waals surface area contributed by atoms with E-state index in [9.17, 15) is 0 Å². The third kappa shape index (κ3) is 0.703. The van der Waals surface area contributed by atoms with Crippen molar-refractivity contribution in [3.05, 3.63) is 23.9 Å². The van der Waals surface area contributed by atoms with Gasteiger partial charge in [-0.15, -0.1) is 0 Å². The van der Waals surface area contributed by atoms with Crippen molar-refractivity contribution >= 4 is 5.69 Å². The summed E-state index contributed by atoms with van der Waals surface area (Å²) in [6, 6.07) is 3.26. The van der Waals surface area contributed by atoms with E-state index in [1.807, 2.05) is 0 Å². The fraction of sp³-hybridized carbons (Fsp3) is 0. The Morgan fingerprint density at radius 2 is 2.38 bits per heavy atom. The summed E-state index contributed by atoms with van der Waals surface area (Å²) < 4.78 is 4.60. The first kappa shape index (κ1) is 4.90. The van der Waals surface area contributed by atoms with Crippen LogP contribution in [0, 0.1) is 5.41 Å². The van der Waals surface area contributed by atoms with Crippen molar-refractivity contribution in [1.29, 1.82) is 5.41 Å². The van der Waals surface area contributed by atoms with Crippen molar-refractivity contribution in [3.63, 3.8) is 0 Å². The zero-order chi connectivity index (χ0) is 5.98. The highest BCUT2D eigenvalue weighted by atomic mass is 16.3. The summed E-state index contributed by atoms with van der Waals surface area (Å²) in [5.41, 5.74) is 5.63. The minimum absolute atomic E-state index is 0.0208. The first-order valence-corrected chi connectivity index (χ1v) is 2.18. The molecule has 1 aromatic heterocycles. The van der Waals surface area contributed by atoms with E-state index in [0.717, 1.165) is 0 Å². The highest BCUT2D eigenvalue weighted by Gasteiger charge is 1.83. The van der Waals surface area contributed by atoms with Crippen LogP contribution in [-0.2, 0) is 0 Å². The van der Waals surface area contributed by atoms with Crippen molar-refractivity contribution in [2.24, 2.45) is 0 Å². The molecule has 1 heterocycles. The summed E-state index contributed by atoms with van der Waals surface area (Å²) in [6.07, 6.45) is 1.42. The van der Waals surface area contributed by atoms with Gasteiger partial charge in [-0.05, 0) is 12.1 Å². The van der Waals surface area contributed by atoms with Gasteiger partial charge in [-0.1, -0.05) is 0 Å². The summed E-state index contributed by atoms with van der Waals surface area (Å²) in [5, 5.41) is 6.93. The van der Waals surface area contributed by atoms with Crippen LogP contribution < -0.4 is 11.3 Å². The molecule has 3 nitrogen and oxygen atoms in total. The fourth-order valence-corrected chi connectivity index (χ4v) is 0.394. The highest BCUT2D eigenvalue weighted by molar-refractivity contribution is 5.29. The van der Waals surface area contributed by atoms with Gasteiger partial charge in [0.25, 0.3) is 0 Å². The Labute approximate surface area is 46.3 Å². The number of hydrogen-bond acceptors (Lipinski definition) is 3. The van der Waals surface area contributed by atoms with Gasteiger partial charge >= 0.3 is 0 Å². The quantitative estimate of drug-likeness (QED) is 0.505. The first-order chi connectivity index (χ1) is 3.80. The predicted octanol–water partition coefficient (Wildman–Crippen LogP) is 0.341. The first-order valence-electron chi connectivity index (χ1n) is 2.18. The topological polar surface area (TPSA) is 63.0 Å². The minimum Gasteiger partial charge on any atom is -0.445 e. The standard InChI is InChI=1S/C5H6N2O/c6-4-2-1-3-8-5(4)7/h1-3,7H,6H2. The van der Waals surface area contributed by atoms with Crippen molar-refractivity contribution < 1.29 is 4.42 Å². The fourth-order valence-electron chi connectivity index (χ4n) is 0.394. The number of nitrogens with two attached hydrogens (primary N) is 1. The number of nitrogen functional groups attached to an aromatic ring is 1. The zero-order valence-electron chi connectivity index (χ0n) is 4.22. The predicted molar refractivity (Wildman–Crippen MR) is 29.0 cm³/mol. The molecule has 0 amide bonds. The SMILES string of the molecule is N=c1occcc1N. The van der Waals surface area contributed by atoms with Gasteiger partial charge in [-0.25, -0.2) is 0 Å². The second kappa shape index (κ2) is 1.69. The molecule has 42 valence electrons. The maximum atomic E-state index is 6.93. The molecule has 8 heavy (non-hydrogen) atoms. The largest absolute Gasteiger partial charge is 0.445 e. The van der Waals surface area contributed by atoms with Gasteiger partial charge in [0, 0.05) is 0 Å². The van der Waals surface area contributed by atoms with Crippen LogP contribution in [0.4, 0.5) is 5.69 Å². The van der Waals surface area contributed by atoms with Crippen molar-refractivity contribution in [1.82, 2.24) is 0 Å². The van der Waals surface area contributed by atoms with Gasteiger partial charge in [-0.2, -0.15) is 0 Å². The summed E-state index contributed by atoms with van der Waals surface area (Å²) >= 11 is 0. The molecule has 1 rings (SSSR count). The van der Waals surface area contributed by atoms with Crippen LogP contribution in [0.5, 0.6) is 0 Å². The van der Waals surface area contributed by atoms with E-state index in [1.165, 1.54) is 6.26 Å². The highest BCUT2D eigenvalue weighted by Crippen LogP contribution is 1.87. The van der Waals surface area contributed by atoms with E-state index in [-0.39, 0.29) is 5.55 Å². The monoisotopic (exact) mass is 110 g/mol. The lowest BCUT2D eigenvalue weighted by molar-refractivity contribution is 0.490. The average molecular weight is 110 g/mol. The van der Waals surface area contributed by atoms with E-state index in [0.29, 0.717) is 5.69 Å². The van der Waals surface area contributed by atoms with Crippen LogP contribution in [0.15, 0.2) is 22.8 Å². The number of nitrogens with one attached hydrogen (secondary N) is 1. The van der Waals surface area contributed by atoms with E-state index in [2.05, 4.69) is 4.42 Å². The Kier molecular flexibility index (Phi) is 1.04. The van der Waals surface area contributed by atoms with Gasteiger partial charge in [-0.3, -0.25) is 5.41 Å². The minimum atomic E-state index is 0.0208.